The molecule has 2 aromatic rings. The van der Waals surface area contributed by atoms with Crippen molar-refractivity contribution < 1.29 is 34.2 Å². The van der Waals surface area contributed by atoms with Crippen LogP contribution in [0.1, 0.15) is 22.7 Å². The van der Waals surface area contributed by atoms with Gasteiger partial charge in [-0.05, 0) is 12.1 Å². The standard InChI is InChI=1S/C16H17N3O5.CH2O2/c1-9-17-15(18-24-9)10-3-2-4-11(5-10)16(23)19-7-12(6-14(21)22)13(20)8-19;2-1-3/h2-5,12-13,20H,6-8H2,1H3,(H,21,22);1H,(H,2,3)/t12-,13-;/m1./s1. The van der Waals surface area contributed by atoms with Crippen LogP contribution < -0.4 is 0 Å². The molecule has 2 atom stereocenters. The number of benzene rings is 1. The molecule has 0 spiro atoms. The zero-order valence-corrected chi connectivity index (χ0v) is 14.5. The molecular weight excluding hydrogens is 358 g/mol. The lowest BCUT2D eigenvalue weighted by atomic mass is 10.0. The number of carbonyl (C=O) groups excluding carboxylic acids is 1. The highest BCUT2D eigenvalue weighted by atomic mass is 16.5. The highest BCUT2D eigenvalue weighted by Crippen LogP contribution is 2.24. The predicted octanol–water partition coefficient (Wildman–Crippen LogP) is 0.653. The van der Waals surface area contributed by atoms with E-state index in [2.05, 4.69) is 10.1 Å². The Morgan fingerprint density at radius 2 is 2.07 bits per heavy atom. The fourth-order valence-electron chi connectivity index (χ4n) is 2.84. The van der Waals surface area contributed by atoms with Gasteiger partial charge in [0.2, 0.25) is 11.7 Å². The molecule has 0 radical (unpaired) electrons. The molecule has 1 saturated heterocycles. The fourth-order valence-corrected chi connectivity index (χ4v) is 2.84. The van der Waals surface area contributed by atoms with Crippen molar-refractivity contribution in [2.45, 2.75) is 19.4 Å². The van der Waals surface area contributed by atoms with E-state index in [4.69, 9.17) is 19.5 Å². The van der Waals surface area contributed by atoms with E-state index in [-0.39, 0.29) is 31.9 Å². The first-order valence-corrected chi connectivity index (χ1v) is 8.03. The molecule has 0 aliphatic carbocycles. The van der Waals surface area contributed by atoms with Crippen molar-refractivity contribution in [3.63, 3.8) is 0 Å². The van der Waals surface area contributed by atoms with Crippen LogP contribution in [0.15, 0.2) is 28.8 Å². The monoisotopic (exact) mass is 377 g/mol. The normalized spacial score (nSPS) is 18.5. The van der Waals surface area contributed by atoms with Crippen LogP contribution in [0.25, 0.3) is 11.4 Å². The highest BCUT2D eigenvalue weighted by molar-refractivity contribution is 5.95. The van der Waals surface area contributed by atoms with E-state index in [9.17, 15) is 14.7 Å². The van der Waals surface area contributed by atoms with Gasteiger partial charge in [-0.25, -0.2) is 0 Å². The van der Waals surface area contributed by atoms with Crippen LogP contribution in [-0.2, 0) is 9.59 Å². The lowest BCUT2D eigenvalue weighted by Gasteiger charge is -2.16. The summed E-state index contributed by atoms with van der Waals surface area (Å²) in [7, 11) is 0. The number of aromatic nitrogens is 2. The number of likely N-dealkylation sites (tertiary alicyclic amines) is 1. The molecule has 0 bridgehead atoms. The van der Waals surface area contributed by atoms with Crippen molar-refractivity contribution in [1.82, 2.24) is 15.0 Å². The average molecular weight is 377 g/mol. The number of carboxylic acids is 1. The van der Waals surface area contributed by atoms with E-state index in [1.165, 1.54) is 4.90 Å². The maximum Gasteiger partial charge on any atom is 0.303 e. The maximum absolute atomic E-state index is 12.6. The number of aliphatic hydroxyl groups is 1. The van der Waals surface area contributed by atoms with E-state index < -0.39 is 18.0 Å². The van der Waals surface area contributed by atoms with E-state index in [1.807, 2.05) is 0 Å². The first-order valence-electron chi connectivity index (χ1n) is 8.03. The fraction of sp³-hybridized carbons (Fsp3) is 0.353. The molecule has 1 aromatic heterocycles. The Bertz CT molecular complexity index is 820. The van der Waals surface area contributed by atoms with Crippen molar-refractivity contribution in [3.8, 4) is 11.4 Å². The topological polar surface area (TPSA) is 154 Å². The number of β-amino-alcohol motifs (C(OH)–C–C–N with tert-alkyl or cyclic N) is 1. The quantitative estimate of drug-likeness (QED) is 0.651. The molecule has 1 amide bonds. The van der Waals surface area contributed by atoms with E-state index in [1.54, 1.807) is 31.2 Å². The van der Waals surface area contributed by atoms with Gasteiger partial charge in [0.15, 0.2) is 0 Å². The van der Waals surface area contributed by atoms with E-state index >= 15 is 0 Å². The SMILES string of the molecule is Cc1nc(-c2cccc(C(=O)N3C[C@@H](CC(=O)O)[C@H](O)C3)c2)no1.O=CO. The maximum atomic E-state index is 12.6. The Morgan fingerprint density at radius 1 is 1.37 bits per heavy atom. The summed E-state index contributed by atoms with van der Waals surface area (Å²) < 4.78 is 4.94. The molecule has 2 heterocycles. The average Bonchev–Trinajstić information content (AvgIpc) is 3.21. The third-order valence-electron chi connectivity index (χ3n) is 4.03. The molecule has 3 rings (SSSR count). The molecule has 0 unspecified atom stereocenters. The minimum Gasteiger partial charge on any atom is -0.483 e. The highest BCUT2D eigenvalue weighted by Gasteiger charge is 2.35. The van der Waals surface area contributed by atoms with Gasteiger partial charge in [-0.3, -0.25) is 14.4 Å². The van der Waals surface area contributed by atoms with Crippen molar-refractivity contribution >= 4 is 18.3 Å². The Labute approximate surface area is 154 Å². The van der Waals surface area contributed by atoms with Gasteiger partial charge >= 0.3 is 5.97 Å². The third kappa shape index (κ3) is 5.11. The number of nitrogens with zero attached hydrogens (tertiary/aromatic N) is 3. The molecule has 0 saturated carbocycles. The van der Waals surface area contributed by atoms with E-state index in [0.717, 1.165) is 0 Å². The minimum atomic E-state index is -0.983. The van der Waals surface area contributed by atoms with Crippen molar-refractivity contribution in [2.75, 3.05) is 13.1 Å². The zero-order valence-electron chi connectivity index (χ0n) is 14.5. The summed E-state index contributed by atoms with van der Waals surface area (Å²) in [6.45, 7) is 1.78. The summed E-state index contributed by atoms with van der Waals surface area (Å²) in [6.07, 6.45) is -0.985. The number of amides is 1. The summed E-state index contributed by atoms with van der Waals surface area (Å²) in [4.78, 5) is 37.4. The first kappa shape index (κ1) is 20.0. The van der Waals surface area contributed by atoms with Gasteiger partial charge < -0.3 is 24.7 Å². The number of aliphatic hydroxyl groups excluding tert-OH is 1. The summed E-state index contributed by atoms with van der Waals surface area (Å²) in [6, 6.07) is 6.81. The lowest BCUT2D eigenvalue weighted by Crippen LogP contribution is -2.29. The Balaban J connectivity index is 0.000000817. The second kappa shape index (κ2) is 8.90. The predicted molar refractivity (Wildman–Crippen MR) is 90.8 cm³/mol. The molecule has 10 heteroatoms. The summed E-state index contributed by atoms with van der Waals surface area (Å²) in [5, 5.41) is 29.5. The molecule has 1 aliphatic rings. The van der Waals surface area contributed by atoms with Crippen LogP contribution in [0.5, 0.6) is 0 Å². The smallest absolute Gasteiger partial charge is 0.303 e. The molecular formula is C17H19N3O7. The van der Waals surface area contributed by atoms with E-state index in [0.29, 0.717) is 22.8 Å². The number of carbonyl (C=O) groups is 3. The van der Waals surface area contributed by atoms with Crippen molar-refractivity contribution in [1.29, 1.82) is 0 Å². The van der Waals surface area contributed by atoms with Crippen LogP contribution in [0.4, 0.5) is 0 Å². The van der Waals surface area contributed by atoms with Crippen LogP contribution >= 0.6 is 0 Å². The minimum absolute atomic E-state index is 0.127. The van der Waals surface area contributed by atoms with Gasteiger partial charge in [-0.2, -0.15) is 4.98 Å². The molecule has 3 N–H and O–H groups in total. The number of hydrogen-bond donors (Lipinski definition) is 3. The molecule has 27 heavy (non-hydrogen) atoms. The first-order chi connectivity index (χ1) is 12.8. The molecule has 1 fully saturated rings. The van der Waals surface area contributed by atoms with Gasteiger partial charge in [-0.15, -0.1) is 0 Å². The lowest BCUT2D eigenvalue weighted by molar-refractivity contribution is -0.138. The van der Waals surface area contributed by atoms with Crippen LogP contribution in [-0.4, -0.2) is 67.9 Å². The zero-order chi connectivity index (χ0) is 20.0. The second-order valence-corrected chi connectivity index (χ2v) is 5.96. The van der Waals surface area contributed by atoms with Crippen molar-refractivity contribution in [3.05, 3.63) is 35.7 Å². The number of carboxylic acid groups (broad SMARTS) is 2. The summed E-state index contributed by atoms with van der Waals surface area (Å²) >= 11 is 0. The Hall–Kier alpha value is -3.27. The number of aryl methyl sites for hydroxylation is 1. The summed E-state index contributed by atoms with van der Waals surface area (Å²) in [5.41, 5.74) is 1.08. The third-order valence-corrected chi connectivity index (χ3v) is 4.03. The van der Waals surface area contributed by atoms with Gasteiger partial charge in [0, 0.05) is 37.1 Å². The van der Waals surface area contributed by atoms with Crippen LogP contribution in [0, 0.1) is 12.8 Å². The molecule has 1 aliphatic heterocycles. The molecule has 10 nitrogen and oxygen atoms in total. The van der Waals surface area contributed by atoms with Gasteiger partial charge in [0.1, 0.15) is 0 Å². The van der Waals surface area contributed by atoms with Crippen LogP contribution in [0.2, 0.25) is 0 Å². The Morgan fingerprint density at radius 3 is 2.67 bits per heavy atom. The summed E-state index contributed by atoms with van der Waals surface area (Å²) in [5.74, 6) is -0.866. The van der Waals surface area contributed by atoms with Gasteiger partial charge in [0.05, 0.1) is 12.5 Å². The second-order valence-electron chi connectivity index (χ2n) is 5.96. The Kier molecular flexibility index (Phi) is 6.61. The van der Waals surface area contributed by atoms with Gasteiger partial charge in [0.25, 0.3) is 12.4 Å². The number of rotatable bonds is 4. The number of hydrogen-bond acceptors (Lipinski definition) is 7. The van der Waals surface area contributed by atoms with Crippen LogP contribution in [0.3, 0.4) is 0 Å². The van der Waals surface area contributed by atoms with Crippen molar-refractivity contribution in [2.24, 2.45) is 5.92 Å². The molecule has 144 valence electrons. The number of aliphatic carboxylic acids is 1. The largest absolute Gasteiger partial charge is 0.483 e. The van der Waals surface area contributed by atoms with Gasteiger partial charge in [-0.1, -0.05) is 17.3 Å². The molecule has 1 aromatic carbocycles.